The maximum atomic E-state index is 5.69. The summed E-state index contributed by atoms with van der Waals surface area (Å²) >= 11 is 5.03. The average molecular weight is 237 g/mol. The fourth-order valence-corrected chi connectivity index (χ4v) is 2.01. The molecule has 0 amide bonds. The molecular weight excluding hydrogens is 222 g/mol. The van der Waals surface area contributed by atoms with Crippen LogP contribution in [0.5, 0.6) is 0 Å². The van der Waals surface area contributed by atoms with E-state index in [4.69, 9.17) is 22.7 Å². The molecule has 1 aromatic rings. The third kappa shape index (κ3) is 2.31. The van der Waals surface area contributed by atoms with Gasteiger partial charge >= 0.3 is 0 Å². The molecule has 0 radical (unpaired) electrons. The number of hydrogen-bond donors (Lipinski definition) is 1. The van der Waals surface area contributed by atoms with Gasteiger partial charge in [0.05, 0.1) is 18.3 Å². The summed E-state index contributed by atoms with van der Waals surface area (Å²) in [5.41, 5.74) is 6.53. The van der Waals surface area contributed by atoms with Crippen LogP contribution < -0.4 is 10.6 Å². The van der Waals surface area contributed by atoms with Gasteiger partial charge in [0.25, 0.3) is 0 Å². The Kier molecular flexibility index (Phi) is 3.36. The van der Waals surface area contributed by atoms with Gasteiger partial charge in [0, 0.05) is 19.3 Å². The van der Waals surface area contributed by atoms with E-state index in [1.54, 1.807) is 6.20 Å². The number of nitrogens with two attached hydrogens (primary N) is 1. The summed E-state index contributed by atoms with van der Waals surface area (Å²) < 4.78 is 5.50. The van der Waals surface area contributed by atoms with Gasteiger partial charge in [0.15, 0.2) is 0 Å². The molecule has 1 aromatic heterocycles. The number of morpholine rings is 1. The first-order valence-corrected chi connectivity index (χ1v) is 5.70. The molecule has 1 aliphatic heterocycles. The first-order chi connectivity index (χ1) is 7.68. The largest absolute Gasteiger partial charge is 0.389 e. The molecule has 0 aromatic carbocycles. The van der Waals surface area contributed by atoms with E-state index in [0.29, 0.717) is 11.6 Å². The molecule has 1 atom stereocenters. The number of pyridine rings is 1. The Morgan fingerprint density at radius 1 is 1.69 bits per heavy atom. The lowest BCUT2D eigenvalue weighted by atomic mass is 10.2. The number of anilines is 1. The summed E-state index contributed by atoms with van der Waals surface area (Å²) in [4.78, 5) is 6.92. The van der Waals surface area contributed by atoms with Gasteiger partial charge in [-0.1, -0.05) is 12.2 Å². The van der Waals surface area contributed by atoms with Crippen molar-refractivity contribution < 1.29 is 4.74 Å². The van der Waals surface area contributed by atoms with Gasteiger partial charge in [-0.3, -0.25) is 0 Å². The van der Waals surface area contributed by atoms with Crippen molar-refractivity contribution in [3.63, 3.8) is 0 Å². The van der Waals surface area contributed by atoms with Crippen molar-refractivity contribution in [2.24, 2.45) is 5.73 Å². The predicted molar refractivity (Wildman–Crippen MR) is 67.8 cm³/mol. The number of hydrogen-bond acceptors (Lipinski definition) is 4. The molecule has 5 heteroatoms. The highest BCUT2D eigenvalue weighted by molar-refractivity contribution is 7.80. The van der Waals surface area contributed by atoms with Crippen LogP contribution in [0.25, 0.3) is 0 Å². The number of rotatable bonds is 2. The molecule has 2 N–H and O–H groups in total. The SMILES string of the molecule is CC1CN(c2ncccc2C(N)=S)CCO1. The van der Waals surface area contributed by atoms with Crippen LogP contribution >= 0.6 is 12.2 Å². The van der Waals surface area contributed by atoms with Crippen LogP contribution in [0.1, 0.15) is 12.5 Å². The summed E-state index contributed by atoms with van der Waals surface area (Å²) in [6.45, 7) is 4.42. The number of thiocarbonyl (C=S) groups is 1. The van der Waals surface area contributed by atoms with Crippen molar-refractivity contribution in [2.75, 3.05) is 24.6 Å². The average Bonchev–Trinajstić information content (AvgIpc) is 2.29. The Hall–Kier alpha value is -1.20. The highest BCUT2D eigenvalue weighted by Gasteiger charge is 2.20. The lowest BCUT2D eigenvalue weighted by molar-refractivity contribution is 0.0529. The minimum Gasteiger partial charge on any atom is -0.389 e. The maximum absolute atomic E-state index is 5.69. The molecule has 1 unspecified atom stereocenters. The van der Waals surface area contributed by atoms with Gasteiger partial charge in [0.2, 0.25) is 0 Å². The van der Waals surface area contributed by atoms with Crippen molar-refractivity contribution >= 4 is 23.0 Å². The zero-order valence-corrected chi connectivity index (χ0v) is 10.0. The smallest absolute Gasteiger partial charge is 0.138 e. The lowest BCUT2D eigenvalue weighted by Crippen LogP contribution is -2.42. The van der Waals surface area contributed by atoms with E-state index < -0.39 is 0 Å². The van der Waals surface area contributed by atoms with E-state index in [1.165, 1.54) is 0 Å². The first-order valence-electron chi connectivity index (χ1n) is 5.30. The second kappa shape index (κ2) is 4.76. The molecule has 1 aliphatic rings. The molecule has 2 heterocycles. The minimum absolute atomic E-state index is 0.218. The lowest BCUT2D eigenvalue weighted by Gasteiger charge is -2.33. The van der Waals surface area contributed by atoms with Gasteiger partial charge in [-0.05, 0) is 19.1 Å². The van der Waals surface area contributed by atoms with Crippen LogP contribution in [-0.2, 0) is 4.74 Å². The molecule has 0 saturated carbocycles. The first kappa shape index (κ1) is 11.3. The summed E-state index contributed by atoms with van der Waals surface area (Å²) in [5, 5.41) is 0. The quantitative estimate of drug-likeness (QED) is 0.776. The van der Waals surface area contributed by atoms with Crippen molar-refractivity contribution in [2.45, 2.75) is 13.0 Å². The number of nitrogens with zero attached hydrogens (tertiary/aromatic N) is 2. The van der Waals surface area contributed by atoms with Crippen LogP contribution in [0.2, 0.25) is 0 Å². The molecule has 4 nitrogen and oxygen atoms in total. The van der Waals surface area contributed by atoms with Crippen LogP contribution in [-0.4, -0.2) is 35.8 Å². The van der Waals surface area contributed by atoms with E-state index in [0.717, 1.165) is 24.5 Å². The van der Waals surface area contributed by atoms with Crippen LogP contribution in [0.15, 0.2) is 18.3 Å². The minimum atomic E-state index is 0.218. The third-order valence-corrected chi connectivity index (χ3v) is 2.81. The molecule has 0 spiro atoms. The summed E-state index contributed by atoms with van der Waals surface area (Å²) in [7, 11) is 0. The van der Waals surface area contributed by atoms with Crippen molar-refractivity contribution in [1.29, 1.82) is 0 Å². The van der Waals surface area contributed by atoms with Crippen LogP contribution in [0, 0.1) is 0 Å². The normalized spacial score (nSPS) is 20.8. The number of ether oxygens (including phenoxy) is 1. The molecule has 1 saturated heterocycles. The Labute approximate surface area is 100 Å². The van der Waals surface area contributed by atoms with Crippen molar-refractivity contribution in [3.8, 4) is 0 Å². The zero-order chi connectivity index (χ0) is 11.5. The van der Waals surface area contributed by atoms with Gasteiger partial charge in [-0.25, -0.2) is 4.98 Å². The molecule has 2 rings (SSSR count). The second-order valence-corrected chi connectivity index (χ2v) is 4.31. The summed E-state index contributed by atoms with van der Waals surface area (Å²) in [6.07, 6.45) is 1.98. The third-order valence-electron chi connectivity index (χ3n) is 2.59. The van der Waals surface area contributed by atoms with Crippen molar-refractivity contribution in [1.82, 2.24) is 4.98 Å². The highest BCUT2D eigenvalue weighted by Crippen LogP contribution is 2.19. The second-order valence-electron chi connectivity index (χ2n) is 3.87. The summed E-state index contributed by atoms with van der Waals surface area (Å²) in [6, 6.07) is 3.76. The van der Waals surface area contributed by atoms with E-state index in [2.05, 4.69) is 16.8 Å². The van der Waals surface area contributed by atoms with E-state index >= 15 is 0 Å². The summed E-state index contributed by atoms with van der Waals surface area (Å²) in [5.74, 6) is 0.866. The molecule has 1 fully saturated rings. The van der Waals surface area contributed by atoms with Gasteiger partial charge < -0.3 is 15.4 Å². The Balaban J connectivity index is 2.28. The van der Waals surface area contributed by atoms with Crippen LogP contribution in [0.3, 0.4) is 0 Å². The number of aromatic nitrogens is 1. The van der Waals surface area contributed by atoms with Gasteiger partial charge in [0.1, 0.15) is 10.8 Å². The molecule has 16 heavy (non-hydrogen) atoms. The standard InChI is InChI=1S/C11H15N3OS/c1-8-7-14(5-6-15-8)11-9(10(12)16)3-2-4-13-11/h2-4,8H,5-7H2,1H3,(H2,12,16). The Bertz CT molecular complexity index is 397. The Morgan fingerprint density at radius 3 is 3.19 bits per heavy atom. The zero-order valence-electron chi connectivity index (χ0n) is 9.22. The predicted octanol–water partition coefficient (Wildman–Crippen LogP) is 0.941. The molecule has 0 aliphatic carbocycles. The fourth-order valence-electron chi connectivity index (χ4n) is 1.85. The van der Waals surface area contributed by atoms with Gasteiger partial charge in [-0.2, -0.15) is 0 Å². The monoisotopic (exact) mass is 237 g/mol. The molecular formula is C11H15N3OS. The topological polar surface area (TPSA) is 51.4 Å². The Morgan fingerprint density at radius 2 is 2.50 bits per heavy atom. The molecule has 0 bridgehead atoms. The van der Waals surface area contributed by atoms with Gasteiger partial charge in [-0.15, -0.1) is 0 Å². The van der Waals surface area contributed by atoms with E-state index in [-0.39, 0.29) is 6.10 Å². The maximum Gasteiger partial charge on any atom is 0.138 e. The molecule has 86 valence electrons. The van der Waals surface area contributed by atoms with Crippen molar-refractivity contribution in [3.05, 3.63) is 23.9 Å². The van der Waals surface area contributed by atoms with E-state index in [9.17, 15) is 0 Å². The van der Waals surface area contributed by atoms with E-state index in [1.807, 2.05) is 12.1 Å². The fraction of sp³-hybridized carbons (Fsp3) is 0.455. The highest BCUT2D eigenvalue weighted by atomic mass is 32.1. The van der Waals surface area contributed by atoms with Crippen LogP contribution in [0.4, 0.5) is 5.82 Å².